The first-order valence-electron chi connectivity index (χ1n) is 21.0. The van der Waals surface area contributed by atoms with E-state index in [1.54, 1.807) is 107 Å². The molecule has 7 N–H and O–H groups in total. The van der Waals surface area contributed by atoms with Crippen molar-refractivity contribution in [3.63, 3.8) is 0 Å². The SMILES string of the molecule is Cc1c(CN(C(=O)OC(C)(C)C)c2ccc(C#N)cc2)cnc(CF)c1OCc1cccc(C#N)c1.Cc1c(CNc2ccc(C(=N)N)cc2)cnc(CF)c1OCc1cccc(C(=N)N)c1. The number of benzene rings is 4. The first-order valence-corrected chi connectivity index (χ1v) is 21.0. The molecular formula is C51H52F2N10O4. The molecule has 0 aliphatic rings. The number of nitrogens with two attached hydrogens (primary N) is 2. The number of hydrogen-bond acceptors (Lipinski definition) is 11. The van der Waals surface area contributed by atoms with E-state index in [9.17, 15) is 13.6 Å². The van der Waals surface area contributed by atoms with Gasteiger partial charge in [-0.1, -0.05) is 30.3 Å². The number of nitriles is 2. The maximum absolute atomic E-state index is 13.8. The second-order valence-corrected chi connectivity index (χ2v) is 16.2. The molecule has 0 fully saturated rings. The third kappa shape index (κ3) is 13.8. The number of nitrogen functional groups attached to an aromatic ring is 2. The standard InChI is InChI=1S/C28H27FN4O3.C23H25FN6O/c1-19-23(16-32-25(13-29)26(19)35-18-22-7-5-6-21(12-22)15-31)17-33(27(34)36-28(2,3)4)24-10-8-20(14-30)9-11-24;1-14-18(11-29-19-7-5-16(6-8-19)22(25)26)12-30-20(10-24)21(14)31-13-15-3-2-4-17(9-15)23(27)28/h5-12,16H,13,17-18H2,1-4H3;2-9,12,29H,10-11,13H2,1H3,(H3,25,26)(H3,27,28). The van der Waals surface area contributed by atoms with Gasteiger partial charge in [0.05, 0.1) is 29.8 Å². The summed E-state index contributed by atoms with van der Waals surface area (Å²) in [6, 6.07) is 32.1. The normalized spacial score (nSPS) is 10.6. The van der Waals surface area contributed by atoms with Gasteiger partial charge in [0.25, 0.3) is 0 Å². The minimum absolute atomic E-state index is 0.0176. The number of anilines is 2. The number of pyridine rings is 2. The van der Waals surface area contributed by atoms with Crippen molar-refractivity contribution in [3.05, 3.63) is 176 Å². The van der Waals surface area contributed by atoms with Crippen molar-refractivity contribution < 1.29 is 27.8 Å². The number of halogens is 2. The zero-order valence-corrected chi connectivity index (χ0v) is 37.9. The van der Waals surface area contributed by atoms with Gasteiger partial charge in [0, 0.05) is 41.4 Å². The Kier molecular flexibility index (Phi) is 17.0. The Morgan fingerprint density at radius 1 is 0.731 bits per heavy atom. The first-order chi connectivity index (χ1) is 32.0. The Morgan fingerprint density at radius 2 is 1.27 bits per heavy atom. The minimum Gasteiger partial charge on any atom is -0.487 e. The summed E-state index contributed by atoms with van der Waals surface area (Å²) in [7, 11) is 0. The number of hydrogen-bond donors (Lipinski definition) is 5. The molecule has 4 aromatic carbocycles. The van der Waals surface area contributed by atoms with Crippen LogP contribution in [0.15, 0.2) is 109 Å². The molecule has 2 heterocycles. The second kappa shape index (κ2) is 23.0. The first kappa shape index (κ1) is 49.6. The molecule has 0 radical (unpaired) electrons. The average molecular weight is 907 g/mol. The van der Waals surface area contributed by atoms with Crippen LogP contribution in [-0.4, -0.2) is 33.3 Å². The zero-order valence-electron chi connectivity index (χ0n) is 37.9. The lowest BCUT2D eigenvalue weighted by molar-refractivity contribution is 0.0577. The second-order valence-electron chi connectivity index (χ2n) is 16.2. The number of carbonyl (C=O) groups is 1. The molecule has 0 bridgehead atoms. The Hall–Kier alpha value is -8.37. The van der Waals surface area contributed by atoms with E-state index < -0.39 is 25.0 Å². The van der Waals surface area contributed by atoms with Gasteiger partial charge in [-0.3, -0.25) is 25.7 Å². The van der Waals surface area contributed by atoms with E-state index in [4.69, 9.17) is 47.0 Å². The molecule has 14 nitrogen and oxygen atoms in total. The number of rotatable bonds is 16. The highest BCUT2D eigenvalue weighted by Gasteiger charge is 2.26. The summed E-state index contributed by atoms with van der Waals surface area (Å²) in [4.78, 5) is 23.0. The molecule has 6 aromatic rings. The van der Waals surface area contributed by atoms with Crippen LogP contribution in [0.2, 0.25) is 0 Å². The van der Waals surface area contributed by atoms with Gasteiger partial charge in [-0.15, -0.1) is 0 Å². The molecule has 16 heteroatoms. The predicted octanol–water partition coefficient (Wildman–Crippen LogP) is 9.74. The molecule has 0 unspecified atom stereocenters. The van der Waals surface area contributed by atoms with Crippen LogP contribution in [-0.2, 0) is 44.4 Å². The van der Waals surface area contributed by atoms with E-state index in [0.717, 1.165) is 27.9 Å². The molecule has 2 aromatic heterocycles. The van der Waals surface area contributed by atoms with Crippen molar-refractivity contribution in [3.8, 4) is 23.6 Å². The molecule has 0 saturated heterocycles. The summed E-state index contributed by atoms with van der Waals surface area (Å²) in [5.41, 5.74) is 18.9. The van der Waals surface area contributed by atoms with E-state index in [2.05, 4.69) is 27.4 Å². The number of nitrogens with one attached hydrogen (secondary N) is 3. The molecule has 0 aliphatic carbocycles. The Bertz CT molecular complexity index is 2800. The Balaban J connectivity index is 0.000000254. The van der Waals surface area contributed by atoms with Crippen LogP contribution in [0.3, 0.4) is 0 Å². The van der Waals surface area contributed by atoms with E-state index in [1.807, 2.05) is 31.2 Å². The van der Waals surface area contributed by atoms with Gasteiger partial charge in [-0.05, 0) is 135 Å². The zero-order chi connectivity index (χ0) is 48.7. The molecule has 6 rings (SSSR count). The number of ether oxygens (including phenoxy) is 3. The molecule has 67 heavy (non-hydrogen) atoms. The lowest BCUT2D eigenvalue weighted by atomic mass is 10.1. The van der Waals surface area contributed by atoms with Crippen LogP contribution < -0.4 is 31.2 Å². The van der Waals surface area contributed by atoms with E-state index >= 15 is 0 Å². The van der Waals surface area contributed by atoms with Crippen molar-refractivity contribution in [1.82, 2.24) is 9.97 Å². The maximum atomic E-state index is 13.8. The van der Waals surface area contributed by atoms with Gasteiger partial charge < -0.3 is 31.0 Å². The maximum Gasteiger partial charge on any atom is 0.415 e. The van der Waals surface area contributed by atoms with Crippen molar-refractivity contribution >= 4 is 29.1 Å². The molecule has 1 amide bonds. The van der Waals surface area contributed by atoms with E-state index in [1.165, 1.54) is 11.1 Å². The summed E-state index contributed by atoms with van der Waals surface area (Å²) < 4.78 is 44.8. The third-order valence-electron chi connectivity index (χ3n) is 10.2. The van der Waals surface area contributed by atoms with Crippen molar-refractivity contribution in [2.24, 2.45) is 11.5 Å². The molecule has 0 atom stereocenters. The van der Waals surface area contributed by atoms with Crippen molar-refractivity contribution in [2.75, 3.05) is 10.2 Å². The van der Waals surface area contributed by atoms with Crippen LogP contribution in [0.4, 0.5) is 25.0 Å². The van der Waals surface area contributed by atoms with Gasteiger partial charge in [-0.2, -0.15) is 10.5 Å². The molecule has 344 valence electrons. The van der Waals surface area contributed by atoms with Crippen LogP contribution in [0.25, 0.3) is 0 Å². The van der Waals surface area contributed by atoms with Crippen LogP contribution >= 0.6 is 0 Å². The number of amides is 1. The number of nitrogens with zero attached hydrogens (tertiary/aromatic N) is 5. The van der Waals surface area contributed by atoms with Crippen LogP contribution in [0.1, 0.15) is 87.8 Å². The highest BCUT2D eigenvalue weighted by molar-refractivity contribution is 5.95. The van der Waals surface area contributed by atoms with E-state index in [0.29, 0.717) is 57.1 Å². The quantitative estimate of drug-likeness (QED) is 0.0453. The Labute approximate surface area is 388 Å². The fraction of sp³-hybridized carbons (Fsp3) is 0.235. The Morgan fingerprint density at radius 3 is 1.81 bits per heavy atom. The molecule has 0 spiro atoms. The smallest absolute Gasteiger partial charge is 0.415 e. The van der Waals surface area contributed by atoms with Gasteiger partial charge >= 0.3 is 6.09 Å². The summed E-state index contributed by atoms with van der Waals surface area (Å²) in [6.45, 7) is 8.33. The average Bonchev–Trinajstić information content (AvgIpc) is 3.32. The summed E-state index contributed by atoms with van der Waals surface area (Å²) in [5.74, 6) is 0.709. The largest absolute Gasteiger partial charge is 0.487 e. The monoisotopic (exact) mass is 906 g/mol. The fourth-order valence-electron chi connectivity index (χ4n) is 6.56. The van der Waals surface area contributed by atoms with E-state index in [-0.39, 0.29) is 42.8 Å². The fourth-order valence-corrected chi connectivity index (χ4v) is 6.56. The predicted molar refractivity (Wildman–Crippen MR) is 253 cm³/mol. The van der Waals surface area contributed by atoms with Crippen LogP contribution in [0.5, 0.6) is 11.5 Å². The third-order valence-corrected chi connectivity index (χ3v) is 10.2. The lowest BCUT2D eigenvalue weighted by Gasteiger charge is -2.28. The van der Waals surface area contributed by atoms with Gasteiger partial charge in [0.2, 0.25) is 0 Å². The van der Waals surface area contributed by atoms with Gasteiger partial charge in [0.1, 0.15) is 66.7 Å². The number of carbonyl (C=O) groups excluding carboxylic acids is 1. The summed E-state index contributed by atoms with van der Waals surface area (Å²) in [6.07, 6.45) is 2.59. The summed E-state index contributed by atoms with van der Waals surface area (Å²) in [5, 5.41) is 36.5. The van der Waals surface area contributed by atoms with Crippen molar-refractivity contribution in [2.45, 2.75) is 79.9 Å². The number of alkyl halides is 2. The number of amidine groups is 2. The number of aromatic nitrogens is 2. The summed E-state index contributed by atoms with van der Waals surface area (Å²) >= 11 is 0. The van der Waals surface area contributed by atoms with Crippen LogP contribution in [0, 0.1) is 47.3 Å². The van der Waals surface area contributed by atoms with Gasteiger partial charge in [0.15, 0.2) is 0 Å². The molecular weight excluding hydrogens is 855 g/mol. The molecule has 0 saturated carbocycles. The lowest BCUT2D eigenvalue weighted by Crippen LogP contribution is -2.36. The minimum atomic E-state index is -0.819. The molecule has 0 aliphatic heterocycles. The van der Waals surface area contributed by atoms with Gasteiger partial charge in [-0.25, -0.2) is 13.6 Å². The highest BCUT2D eigenvalue weighted by Crippen LogP contribution is 2.31. The van der Waals surface area contributed by atoms with Crippen molar-refractivity contribution in [1.29, 1.82) is 21.3 Å². The highest BCUT2D eigenvalue weighted by atomic mass is 19.1. The topological polar surface area (TPSA) is 233 Å².